The first-order valence-electron chi connectivity index (χ1n) is 6.78. The molecule has 2 saturated heterocycles. The van der Waals surface area contributed by atoms with Gasteiger partial charge in [-0.25, -0.2) is 0 Å². The standard InChI is InChI=1S/C13H25NO2/c1-2-12(11-15)14-8-6-13(7-9-14)5-3-4-10-16-13/h12,15H,2-11H2,1H3. The van der Waals surface area contributed by atoms with Gasteiger partial charge in [0.15, 0.2) is 0 Å². The highest BCUT2D eigenvalue weighted by Gasteiger charge is 2.37. The molecule has 1 spiro atoms. The fourth-order valence-corrected chi connectivity index (χ4v) is 3.10. The molecule has 3 heteroatoms. The van der Waals surface area contributed by atoms with Crippen LogP contribution in [0.5, 0.6) is 0 Å². The summed E-state index contributed by atoms with van der Waals surface area (Å²) in [6, 6.07) is 0.362. The van der Waals surface area contributed by atoms with Crippen LogP contribution in [0.15, 0.2) is 0 Å². The second kappa shape index (κ2) is 5.48. The van der Waals surface area contributed by atoms with Crippen LogP contribution in [0.1, 0.15) is 45.4 Å². The lowest BCUT2D eigenvalue weighted by Gasteiger charge is -2.45. The van der Waals surface area contributed by atoms with Gasteiger partial charge in [-0.2, -0.15) is 0 Å². The molecule has 16 heavy (non-hydrogen) atoms. The van der Waals surface area contributed by atoms with Crippen LogP contribution in [0.25, 0.3) is 0 Å². The number of hydrogen-bond acceptors (Lipinski definition) is 3. The number of aliphatic hydroxyl groups excluding tert-OH is 1. The third kappa shape index (κ3) is 2.58. The van der Waals surface area contributed by atoms with Crippen LogP contribution in [0.3, 0.4) is 0 Å². The molecule has 0 amide bonds. The van der Waals surface area contributed by atoms with E-state index in [4.69, 9.17) is 4.74 Å². The Labute approximate surface area is 98.8 Å². The molecule has 2 aliphatic heterocycles. The molecule has 0 aromatic carbocycles. The number of rotatable bonds is 3. The number of aliphatic hydroxyl groups is 1. The minimum Gasteiger partial charge on any atom is -0.395 e. The van der Waals surface area contributed by atoms with E-state index in [1.807, 2.05) is 0 Å². The van der Waals surface area contributed by atoms with E-state index >= 15 is 0 Å². The van der Waals surface area contributed by atoms with Crippen molar-refractivity contribution in [3.8, 4) is 0 Å². The Kier molecular flexibility index (Phi) is 4.22. The van der Waals surface area contributed by atoms with Gasteiger partial charge >= 0.3 is 0 Å². The predicted octanol–water partition coefficient (Wildman–Crippen LogP) is 1.79. The molecule has 2 heterocycles. The third-order valence-corrected chi connectivity index (χ3v) is 4.34. The van der Waals surface area contributed by atoms with E-state index in [1.165, 1.54) is 19.3 Å². The minimum absolute atomic E-state index is 0.197. The average molecular weight is 227 g/mol. The summed E-state index contributed by atoms with van der Waals surface area (Å²) in [7, 11) is 0. The van der Waals surface area contributed by atoms with Crippen molar-refractivity contribution in [2.24, 2.45) is 0 Å². The fraction of sp³-hybridized carbons (Fsp3) is 1.00. The maximum Gasteiger partial charge on any atom is 0.0706 e. The smallest absolute Gasteiger partial charge is 0.0706 e. The van der Waals surface area contributed by atoms with Crippen LogP contribution < -0.4 is 0 Å². The quantitative estimate of drug-likeness (QED) is 0.798. The molecule has 1 unspecified atom stereocenters. The van der Waals surface area contributed by atoms with Crippen molar-refractivity contribution in [2.75, 3.05) is 26.3 Å². The van der Waals surface area contributed by atoms with Crippen molar-refractivity contribution in [1.82, 2.24) is 4.90 Å². The van der Waals surface area contributed by atoms with Gasteiger partial charge in [0, 0.05) is 25.7 Å². The Balaban J connectivity index is 1.85. The van der Waals surface area contributed by atoms with E-state index in [9.17, 15) is 5.11 Å². The molecule has 2 aliphatic rings. The zero-order valence-electron chi connectivity index (χ0n) is 10.5. The zero-order valence-corrected chi connectivity index (χ0v) is 10.5. The number of piperidine rings is 1. The summed E-state index contributed by atoms with van der Waals surface area (Å²) in [4.78, 5) is 2.43. The Morgan fingerprint density at radius 3 is 2.50 bits per heavy atom. The molecule has 0 aliphatic carbocycles. The lowest BCUT2D eigenvalue weighted by molar-refractivity contribution is -0.117. The molecule has 0 aromatic heterocycles. The van der Waals surface area contributed by atoms with Gasteiger partial charge in [-0.15, -0.1) is 0 Å². The van der Waals surface area contributed by atoms with Gasteiger partial charge in [-0.05, 0) is 38.5 Å². The fourth-order valence-electron chi connectivity index (χ4n) is 3.10. The number of ether oxygens (including phenoxy) is 1. The number of nitrogens with zero attached hydrogens (tertiary/aromatic N) is 1. The summed E-state index contributed by atoms with van der Waals surface area (Å²) in [6.07, 6.45) is 7.17. The van der Waals surface area contributed by atoms with Crippen LogP contribution in [-0.2, 0) is 4.74 Å². The van der Waals surface area contributed by atoms with Gasteiger partial charge in [-0.3, -0.25) is 4.90 Å². The van der Waals surface area contributed by atoms with Crippen molar-refractivity contribution in [3.05, 3.63) is 0 Å². The van der Waals surface area contributed by atoms with Gasteiger partial charge in [0.1, 0.15) is 0 Å². The number of likely N-dealkylation sites (tertiary alicyclic amines) is 1. The van der Waals surface area contributed by atoms with Crippen molar-refractivity contribution in [2.45, 2.75) is 57.1 Å². The van der Waals surface area contributed by atoms with Gasteiger partial charge in [0.2, 0.25) is 0 Å². The summed E-state index contributed by atoms with van der Waals surface area (Å²) in [6.45, 7) is 5.60. The molecule has 0 bridgehead atoms. The van der Waals surface area contributed by atoms with Gasteiger partial charge in [0.05, 0.1) is 12.2 Å². The van der Waals surface area contributed by atoms with Crippen LogP contribution in [0.2, 0.25) is 0 Å². The molecule has 0 saturated carbocycles. The highest BCUT2D eigenvalue weighted by molar-refractivity contribution is 4.91. The second-order valence-electron chi connectivity index (χ2n) is 5.27. The summed E-state index contributed by atoms with van der Waals surface area (Å²) < 4.78 is 6.01. The predicted molar refractivity (Wildman–Crippen MR) is 64.5 cm³/mol. The normalized spacial score (nSPS) is 28.1. The first kappa shape index (κ1) is 12.3. The molecule has 2 fully saturated rings. The summed E-state index contributed by atoms with van der Waals surface area (Å²) in [5.74, 6) is 0. The largest absolute Gasteiger partial charge is 0.395 e. The third-order valence-electron chi connectivity index (χ3n) is 4.34. The molecule has 3 nitrogen and oxygen atoms in total. The lowest BCUT2D eigenvalue weighted by Crippen LogP contribution is -2.51. The summed E-state index contributed by atoms with van der Waals surface area (Å²) in [5.41, 5.74) is 0.197. The summed E-state index contributed by atoms with van der Waals surface area (Å²) >= 11 is 0. The Hall–Kier alpha value is -0.120. The van der Waals surface area contributed by atoms with Crippen LogP contribution >= 0.6 is 0 Å². The molecule has 1 atom stereocenters. The van der Waals surface area contributed by atoms with Gasteiger partial charge in [-0.1, -0.05) is 6.92 Å². The summed E-state index contributed by atoms with van der Waals surface area (Å²) in [5, 5.41) is 9.31. The van der Waals surface area contributed by atoms with Crippen LogP contribution in [0, 0.1) is 0 Å². The van der Waals surface area contributed by atoms with E-state index in [-0.39, 0.29) is 5.60 Å². The van der Waals surface area contributed by atoms with Crippen LogP contribution in [0.4, 0.5) is 0 Å². The molecular formula is C13H25NO2. The second-order valence-corrected chi connectivity index (χ2v) is 5.27. The minimum atomic E-state index is 0.197. The monoisotopic (exact) mass is 227 g/mol. The molecule has 2 rings (SSSR count). The first-order valence-corrected chi connectivity index (χ1v) is 6.78. The van der Waals surface area contributed by atoms with E-state index in [0.29, 0.717) is 12.6 Å². The topological polar surface area (TPSA) is 32.7 Å². The molecular weight excluding hydrogens is 202 g/mol. The van der Waals surface area contributed by atoms with Gasteiger partial charge < -0.3 is 9.84 Å². The zero-order chi connectivity index (χ0) is 11.4. The van der Waals surface area contributed by atoms with E-state index in [2.05, 4.69) is 11.8 Å². The van der Waals surface area contributed by atoms with E-state index < -0.39 is 0 Å². The Bertz CT molecular complexity index is 200. The first-order chi connectivity index (χ1) is 7.79. The molecule has 1 N–H and O–H groups in total. The van der Waals surface area contributed by atoms with Crippen LogP contribution in [-0.4, -0.2) is 48.0 Å². The van der Waals surface area contributed by atoms with E-state index in [1.54, 1.807) is 0 Å². The van der Waals surface area contributed by atoms with Crippen molar-refractivity contribution in [3.63, 3.8) is 0 Å². The van der Waals surface area contributed by atoms with Crippen molar-refractivity contribution in [1.29, 1.82) is 0 Å². The number of hydrogen-bond donors (Lipinski definition) is 1. The Morgan fingerprint density at radius 2 is 2.00 bits per heavy atom. The highest BCUT2D eigenvalue weighted by Crippen LogP contribution is 2.35. The average Bonchev–Trinajstić information content (AvgIpc) is 2.34. The SMILES string of the molecule is CCC(CO)N1CCC2(CCCCO2)CC1. The molecule has 0 aromatic rings. The molecule has 0 radical (unpaired) electrons. The maximum absolute atomic E-state index is 9.31. The van der Waals surface area contributed by atoms with Gasteiger partial charge in [0.25, 0.3) is 0 Å². The van der Waals surface area contributed by atoms with Crippen molar-refractivity contribution < 1.29 is 9.84 Å². The highest BCUT2D eigenvalue weighted by atomic mass is 16.5. The maximum atomic E-state index is 9.31. The van der Waals surface area contributed by atoms with E-state index in [0.717, 1.165) is 39.0 Å². The van der Waals surface area contributed by atoms with Crippen molar-refractivity contribution >= 4 is 0 Å². The molecule has 94 valence electrons. The lowest BCUT2D eigenvalue weighted by atomic mass is 9.84. The Morgan fingerprint density at radius 1 is 1.25 bits per heavy atom.